The third kappa shape index (κ3) is 6.87. The van der Waals surface area contributed by atoms with Crippen LogP contribution in [0.4, 0.5) is 13.2 Å². The molecule has 132 valence electrons. The lowest BCUT2D eigenvalue weighted by atomic mass is 9.96. The van der Waals surface area contributed by atoms with Gasteiger partial charge in [0.1, 0.15) is 5.75 Å². The molecule has 3 nitrogen and oxygen atoms in total. The molecule has 0 spiro atoms. The number of ether oxygens (including phenoxy) is 1. The summed E-state index contributed by atoms with van der Waals surface area (Å²) in [6.07, 6.45) is -2.37. The van der Waals surface area contributed by atoms with Gasteiger partial charge in [-0.2, -0.15) is 0 Å². The van der Waals surface area contributed by atoms with E-state index in [0.29, 0.717) is 4.47 Å². The Hall–Kier alpha value is -0.500. The maximum absolute atomic E-state index is 12.2. The van der Waals surface area contributed by atoms with Crippen LogP contribution in [0, 0.1) is 5.92 Å². The van der Waals surface area contributed by atoms with Gasteiger partial charge < -0.3 is 10.1 Å². The number of nitrogens with zero attached hydrogens (tertiary/aromatic N) is 1. The molecule has 1 aliphatic rings. The number of hydrogen-bond donors (Lipinski definition) is 1. The lowest BCUT2D eigenvalue weighted by Gasteiger charge is -2.32. The number of rotatable bonds is 5. The van der Waals surface area contributed by atoms with Gasteiger partial charge in [-0.15, -0.1) is 25.6 Å². The van der Waals surface area contributed by atoms with Gasteiger partial charge in [-0.05, 0) is 79.1 Å². The molecule has 2 rings (SSSR count). The summed E-state index contributed by atoms with van der Waals surface area (Å²) < 4.78 is 41.0. The number of halogens is 5. The van der Waals surface area contributed by atoms with Crippen LogP contribution in [-0.4, -0.2) is 37.9 Å². The number of alkyl halides is 3. The first-order chi connectivity index (χ1) is 10.4. The fourth-order valence-electron chi connectivity index (χ4n) is 2.75. The quantitative estimate of drug-likeness (QED) is 0.777. The molecule has 1 aromatic carbocycles. The smallest absolute Gasteiger partial charge is 0.405 e. The average Bonchev–Trinajstić information content (AvgIpc) is 2.43. The fourth-order valence-corrected chi connectivity index (χ4v) is 3.25. The summed E-state index contributed by atoms with van der Waals surface area (Å²) in [5.41, 5.74) is 0.980. The zero-order valence-electron chi connectivity index (χ0n) is 12.8. The third-order valence-electron chi connectivity index (χ3n) is 3.83. The molecule has 1 N–H and O–H groups in total. The molecule has 1 aromatic rings. The molecule has 0 radical (unpaired) electrons. The molecule has 0 bridgehead atoms. The normalized spacial score (nSPS) is 16.9. The van der Waals surface area contributed by atoms with Crippen LogP contribution in [0.25, 0.3) is 0 Å². The summed E-state index contributed by atoms with van der Waals surface area (Å²) in [5, 5.41) is 3.20. The highest BCUT2D eigenvalue weighted by Gasteiger charge is 2.32. The summed E-state index contributed by atoms with van der Waals surface area (Å²) in [5.74, 6) is 0.513. The molecule has 23 heavy (non-hydrogen) atoms. The monoisotopic (exact) mass is 416 g/mol. The standard InChI is InChI=1S/C15H20BrF3N2O.ClH/c1-20-9-11-4-6-21(7-5-11)10-12-2-3-14(13(16)8-12)22-15(17,18)19;/h2-3,8,11,20H,4-7,9-10H2,1H3;1H. The predicted molar refractivity (Wildman–Crippen MR) is 90.0 cm³/mol. The highest BCUT2D eigenvalue weighted by atomic mass is 79.9. The lowest BCUT2D eigenvalue weighted by molar-refractivity contribution is -0.274. The molecule has 0 saturated carbocycles. The van der Waals surface area contributed by atoms with E-state index in [1.54, 1.807) is 12.1 Å². The van der Waals surface area contributed by atoms with E-state index < -0.39 is 6.36 Å². The van der Waals surface area contributed by atoms with E-state index in [9.17, 15) is 13.2 Å². The molecule has 0 atom stereocenters. The van der Waals surface area contributed by atoms with E-state index in [-0.39, 0.29) is 18.2 Å². The van der Waals surface area contributed by atoms with E-state index in [0.717, 1.165) is 50.5 Å². The lowest BCUT2D eigenvalue weighted by Crippen LogP contribution is -2.36. The van der Waals surface area contributed by atoms with Gasteiger partial charge in [0, 0.05) is 6.54 Å². The van der Waals surface area contributed by atoms with Crippen LogP contribution in [0.1, 0.15) is 18.4 Å². The van der Waals surface area contributed by atoms with Crippen molar-refractivity contribution < 1.29 is 17.9 Å². The van der Waals surface area contributed by atoms with Crippen LogP contribution in [0.15, 0.2) is 22.7 Å². The van der Waals surface area contributed by atoms with Gasteiger partial charge in [0.2, 0.25) is 0 Å². The third-order valence-corrected chi connectivity index (χ3v) is 4.45. The number of nitrogens with one attached hydrogen (secondary N) is 1. The van der Waals surface area contributed by atoms with Gasteiger partial charge >= 0.3 is 6.36 Å². The number of benzene rings is 1. The molecule has 0 aliphatic carbocycles. The largest absolute Gasteiger partial charge is 0.573 e. The Morgan fingerprint density at radius 1 is 1.30 bits per heavy atom. The van der Waals surface area contributed by atoms with E-state index in [1.165, 1.54) is 6.07 Å². The van der Waals surface area contributed by atoms with Crippen molar-refractivity contribution in [2.75, 3.05) is 26.7 Å². The van der Waals surface area contributed by atoms with Crippen LogP contribution in [-0.2, 0) is 6.54 Å². The van der Waals surface area contributed by atoms with Crippen LogP contribution in [0.3, 0.4) is 0 Å². The van der Waals surface area contributed by atoms with E-state index in [1.807, 2.05) is 7.05 Å². The van der Waals surface area contributed by atoms with Crippen LogP contribution < -0.4 is 10.1 Å². The van der Waals surface area contributed by atoms with E-state index in [4.69, 9.17) is 0 Å². The molecule has 1 saturated heterocycles. The molecule has 8 heteroatoms. The van der Waals surface area contributed by atoms with Crippen molar-refractivity contribution in [3.05, 3.63) is 28.2 Å². The Kier molecular flexibility index (Phi) is 8.13. The second-order valence-corrected chi connectivity index (χ2v) is 6.44. The maximum atomic E-state index is 12.2. The van der Waals surface area contributed by atoms with Crippen molar-refractivity contribution in [2.24, 2.45) is 5.92 Å². The SMILES string of the molecule is CNCC1CCN(Cc2ccc(OC(F)(F)F)c(Br)c2)CC1.Cl. The second-order valence-electron chi connectivity index (χ2n) is 5.59. The Morgan fingerprint density at radius 2 is 1.96 bits per heavy atom. The molecular weight excluding hydrogens is 397 g/mol. The van der Waals surface area contributed by atoms with E-state index in [2.05, 4.69) is 30.9 Å². The molecule has 1 heterocycles. The Labute approximate surface area is 149 Å². The highest BCUT2D eigenvalue weighted by molar-refractivity contribution is 9.10. The van der Waals surface area contributed by atoms with Gasteiger partial charge in [0.15, 0.2) is 0 Å². The Bertz CT molecular complexity index is 494. The first-order valence-electron chi connectivity index (χ1n) is 7.28. The van der Waals surface area contributed by atoms with Crippen molar-refractivity contribution in [1.29, 1.82) is 0 Å². The minimum Gasteiger partial charge on any atom is -0.405 e. The highest BCUT2D eigenvalue weighted by Crippen LogP contribution is 2.31. The minimum atomic E-state index is -4.67. The number of hydrogen-bond acceptors (Lipinski definition) is 3. The van der Waals surface area contributed by atoms with Gasteiger partial charge in [0.25, 0.3) is 0 Å². The van der Waals surface area contributed by atoms with Crippen LogP contribution in [0.5, 0.6) is 5.75 Å². The molecule has 1 aliphatic heterocycles. The van der Waals surface area contributed by atoms with Gasteiger partial charge in [0.05, 0.1) is 4.47 Å². The zero-order valence-corrected chi connectivity index (χ0v) is 15.2. The van der Waals surface area contributed by atoms with Crippen molar-refractivity contribution in [3.8, 4) is 5.75 Å². The second kappa shape index (κ2) is 9.11. The summed E-state index contributed by atoms with van der Waals surface area (Å²) >= 11 is 3.14. The number of piperidine rings is 1. The van der Waals surface area contributed by atoms with E-state index >= 15 is 0 Å². The molecule has 0 aromatic heterocycles. The summed E-state index contributed by atoms with van der Waals surface area (Å²) in [4.78, 5) is 2.33. The van der Waals surface area contributed by atoms with Crippen LogP contribution >= 0.6 is 28.3 Å². The topological polar surface area (TPSA) is 24.5 Å². The van der Waals surface area contributed by atoms with Crippen molar-refractivity contribution in [2.45, 2.75) is 25.7 Å². The van der Waals surface area contributed by atoms with Crippen molar-refractivity contribution in [3.63, 3.8) is 0 Å². The molecule has 0 unspecified atom stereocenters. The summed E-state index contributed by atoms with van der Waals surface area (Å²) in [7, 11) is 1.97. The average molecular weight is 418 g/mol. The fraction of sp³-hybridized carbons (Fsp3) is 0.600. The number of likely N-dealkylation sites (tertiary alicyclic amines) is 1. The first kappa shape index (κ1) is 20.5. The summed E-state index contributed by atoms with van der Waals surface area (Å²) in [6.45, 7) is 3.83. The summed E-state index contributed by atoms with van der Waals surface area (Å²) in [6, 6.07) is 4.74. The van der Waals surface area contributed by atoms with Crippen LogP contribution in [0.2, 0.25) is 0 Å². The molecular formula is C15H21BrClF3N2O. The maximum Gasteiger partial charge on any atom is 0.573 e. The zero-order chi connectivity index (χ0) is 16.2. The van der Waals surface area contributed by atoms with Gasteiger partial charge in [-0.3, -0.25) is 4.90 Å². The Morgan fingerprint density at radius 3 is 2.48 bits per heavy atom. The van der Waals surface area contributed by atoms with Gasteiger partial charge in [-0.25, -0.2) is 0 Å². The van der Waals surface area contributed by atoms with Crippen molar-refractivity contribution in [1.82, 2.24) is 10.2 Å². The Balaban J connectivity index is 0.00000264. The molecule has 1 fully saturated rings. The first-order valence-corrected chi connectivity index (χ1v) is 8.08. The predicted octanol–water partition coefficient (Wildman–Crippen LogP) is 4.20. The minimum absolute atomic E-state index is 0. The molecule has 0 amide bonds. The van der Waals surface area contributed by atoms with Gasteiger partial charge in [-0.1, -0.05) is 6.07 Å². The van der Waals surface area contributed by atoms with Crippen molar-refractivity contribution >= 4 is 28.3 Å².